The van der Waals surface area contributed by atoms with Crippen molar-refractivity contribution >= 4 is 8.96 Å². The standard InChI is InChI=1S/C6H16NOSi/c1-6(2,3)8-7-9(4)5/h7H,1-5H3. The summed E-state index contributed by atoms with van der Waals surface area (Å²) in [6.07, 6.45) is 0. The molecule has 0 aliphatic rings. The summed E-state index contributed by atoms with van der Waals surface area (Å²) in [5.41, 5.74) is -0.0536. The van der Waals surface area contributed by atoms with Crippen LogP contribution in [0.3, 0.4) is 0 Å². The third-order valence-electron chi connectivity index (χ3n) is 0.561. The second-order valence-electron chi connectivity index (χ2n) is 3.32. The Hall–Kier alpha value is 0.137. The van der Waals surface area contributed by atoms with Crippen molar-refractivity contribution in [3.63, 3.8) is 0 Å². The van der Waals surface area contributed by atoms with E-state index in [0.29, 0.717) is 0 Å². The Labute approximate surface area is 59.2 Å². The molecule has 0 aromatic carbocycles. The van der Waals surface area contributed by atoms with E-state index in [-0.39, 0.29) is 5.60 Å². The molecule has 0 aromatic heterocycles. The van der Waals surface area contributed by atoms with Crippen LogP contribution in [0.1, 0.15) is 20.8 Å². The third kappa shape index (κ3) is 8.14. The fraction of sp³-hybridized carbons (Fsp3) is 1.00. The monoisotopic (exact) mass is 146 g/mol. The lowest BCUT2D eigenvalue weighted by atomic mass is 10.2. The summed E-state index contributed by atoms with van der Waals surface area (Å²) in [6.45, 7) is 10.4. The molecule has 0 aliphatic heterocycles. The zero-order chi connectivity index (χ0) is 7.49. The minimum absolute atomic E-state index is 0.0536. The SMILES string of the molecule is C[Si](C)NOC(C)(C)C. The Bertz CT molecular complexity index is 77.6. The third-order valence-corrected chi connectivity index (χ3v) is 1.07. The topological polar surface area (TPSA) is 21.3 Å². The van der Waals surface area contributed by atoms with Gasteiger partial charge in [-0.2, -0.15) is 0 Å². The van der Waals surface area contributed by atoms with Crippen molar-refractivity contribution in [1.29, 1.82) is 0 Å². The lowest BCUT2D eigenvalue weighted by Crippen LogP contribution is -2.35. The molecule has 0 bridgehead atoms. The van der Waals surface area contributed by atoms with Gasteiger partial charge in [0.2, 0.25) is 0 Å². The van der Waals surface area contributed by atoms with Crippen LogP contribution in [-0.2, 0) is 4.84 Å². The fourth-order valence-corrected chi connectivity index (χ4v) is 0.765. The molecule has 3 heteroatoms. The zero-order valence-corrected chi connectivity index (χ0v) is 7.91. The molecule has 1 N–H and O–H groups in total. The molecule has 2 nitrogen and oxygen atoms in total. The van der Waals surface area contributed by atoms with E-state index < -0.39 is 8.96 Å². The summed E-state index contributed by atoms with van der Waals surface area (Å²) in [4.78, 5) is 5.29. The molecular weight excluding hydrogens is 130 g/mol. The lowest BCUT2D eigenvalue weighted by molar-refractivity contribution is -0.0388. The number of hydrogen-bond acceptors (Lipinski definition) is 2. The van der Waals surface area contributed by atoms with Crippen LogP contribution in [0.2, 0.25) is 13.1 Å². The second-order valence-corrected chi connectivity index (χ2v) is 5.52. The van der Waals surface area contributed by atoms with Crippen LogP contribution in [0.4, 0.5) is 0 Å². The molecule has 0 spiro atoms. The number of hydrogen-bond donors (Lipinski definition) is 1. The largest absolute Gasteiger partial charge is 0.303 e. The minimum atomic E-state index is -0.440. The Morgan fingerprint density at radius 2 is 1.67 bits per heavy atom. The molecule has 0 aromatic rings. The first-order chi connectivity index (χ1) is 3.92. The first kappa shape index (κ1) is 9.14. The normalized spacial score (nSPS) is 12.7. The van der Waals surface area contributed by atoms with Gasteiger partial charge in [-0.25, -0.2) is 5.15 Å². The van der Waals surface area contributed by atoms with Gasteiger partial charge in [-0.3, -0.25) is 0 Å². The van der Waals surface area contributed by atoms with Crippen LogP contribution < -0.4 is 5.15 Å². The summed E-state index contributed by atoms with van der Waals surface area (Å²) in [5, 5.41) is 2.99. The highest BCUT2D eigenvalue weighted by molar-refractivity contribution is 6.52. The summed E-state index contributed by atoms with van der Waals surface area (Å²) < 4.78 is 0. The van der Waals surface area contributed by atoms with E-state index in [2.05, 4.69) is 18.2 Å². The Morgan fingerprint density at radius 3 is 1.78 bits per heavy atom. The Morgan fingerprint density at radius 1 is 1.22 bits per heavy atom. The van der Waals surface area contributed by atoms with E-state index in [4.69, 9.17) is 4.84 Å². The highest BCUT2D eigenvalue weighted by Crippen LogP contribution is 2.03. The molecule has 0 atom stereocenters. The maximum absolute atomic E-state index is 5.29. The predicted octanol–water partition coefficient (Wildman–Crippen LogP) is 1.56. The molecule has 0 unspecified atom stereocenters. The van der Waals surface area contributed by atoms with Gasteiger partial charge in [0.1, 0.15) is 0 Å². The fourth-order valence-electron chi connectivity index (χ4n) is 0.255. The van der Waals surface area contributed by atoms with Crippen molar-refractivity contribution in [1.82, 2.24) is 5.15 Å². The molecule has 0 heterocycles. The van der Waals surface area contributed by atoms with Crippen LogP contribution in [0.15, 0.2) is 0 Å². The molecule has 0 amide bonds. The van der Waals surface area contributed by atoms with E-state index in [1.807, 2.05) is 20.8 Å². The predicted molar refractivity (Wildman–Crippen MR) is 41.5 cm³/mol. The zero-order valence-electron chi connectivity index (χ0n) is 6.91. The van der Waals surface area contributed by atoms with Gasteiger partial charge >= 0.3 is 0 Å². The van der Waals surface area contributed by atoms with Gasteiger partial charge < -0.3 is 4.84 Å². The average Bonchev–Trinajstić information content (AvgIpc) is 1.59. The van der Waals surface area contributed by atoms with Crippen LogP contribution in [-0.4, -0.2) is 14.6 Å². The van der Waals surface area contributed by atoms with Crippen LogP contribution in [0.25, 0.3) is 0 Å². The van der Waals surface area contributed by atoms with Crippen molar-refractivity contribution in [2.75, 3.05) is 0 Å². The molecule has 0 rings (SSSR count). The molecular formula is C6H16NOSi. The van der Waals surface area contributed by atoms with Crippen molar-refractivity contribution in [2.45, 2.75) is 39.5 Å². The summed E-state index contributed by atoms with van der Waals surface area (Å²) in [5.74, 6) is 0. The van der Waals surface area contributed by atoms with Gasteiger partial charge in [-0.15, -0.1) is 0 Å². The first-order valence-electron chi connectivity index (χ1n) is 3.16. The van der Waals surface area contributed by atoms with Crippen LogP contribution >= 0.6 is 0 Å². The number of rotatable bonds is 2. The van der Waals surface area contributed by atoms with Gasteiger partial charge in [0, 0.05) is 0 Å². The van der Waals surface area contributed by atoms with Gasteiger partial charge in [0.25, 0.3) is 0 Å². The molecule has 9 heavy (non-hydrogen) atoms. The average molecular weight is 146 g/mol. The summed E-state index contributed by atoms with van der Waals surface area (Å²) >= 11 is 0. The molecule has 0 fully saturated rings. The van der Waals surface area contributed by atoms with E-state index in [1.165, 1.54) is 0 Å². The quantitative estimate of drug-likeness (QED) is 0.471. The van der Waals surface area contributed by atoms with Gasteiger partial charge in [0.05, 0.1) is 5.60 Å². The van der Waals surface area contributed by atoms with Gasteiger partial charge in [-0.1, -0.05) is 13.1 Å². The highest BCUT2D eigenvalue weighted by Gasteiger charge is 2.10. The van der Waals surface area contributed by atoms with E-state index in [1.54, 1.807) is 0 Å². The highest BCUT2D eigenvalue weighted by atomic mass is 28.3. The Balaban J connectivity index is 3.28. The number of nitrogens with one attached hydrogen (secondary N) is 1. The van der Waals surface area contributed by atoms with E-state index in [0.717, 1.165) is 0 Å². The maximum Gasteiger partial charge on any atom is 0.160 e. The van der Waals surface area contributed by atoms with Crippen molar-refractivity contribution in [3.05, 3.63) is 0 Å². The van der Waals surface area contributed by atoms with Gasteiger partial charge in [0.15, 0.2) is 8.96 Å². The first-order valence-corrected chi connectivity index (χ1v) is 5.66. The van der Waals surface area contributed by atoms with E-state index >= 15 is 0 Å². The lowest BCUT2D eigenvalue weighted by Gasteiger charge is -2.20. The van der Waals surface area contributed by atoms with Crippen LogP contribution in [0, 0.1) is 0 Å². The Kier molecular flexibility index (Phi) is 3.39. The molecule has 0 aliphatic carbocycles. The van der Waals surface area contributed by atoms with Crippen LogP contribution in [0.5, 0.6) is 0 Å². The second kappa shape index (κ2) is 3.34. The van der Waals surface area contributed by atoms with E-state index in [9.17, 15) is 0 Å². The van der Waals surface area contributed by atoms with Crippen molar-refractivity contribution < 1.29 is 4.84 Å². The summed E-state index contributed by atoms with van der Waals surface area (Å²) in [6, 6.07) is 0. The minimum Gasteiger partial charge on any atom is -0.303 e. The maximum atomic E-state index is 5.29. The molecule has 0 saturated carbocycles. The van der Waals surface area contributed by atoms with Crippen molar-refractivity contribution in [3.8, 4) is 0 Å². The smallest absolute Gasteiger partial charge is 0.160 e. The molecule has 1 radical (unpaired) electrons. The van der Waals surface area contributed by atoms with Gasteiger partial charge in [-0.05, 0) is 20.8 Å². The molecule has 0 saturated heterocycles. The van der Waals surface area contributed by atoms with Crippen molar-refractivity contribution in [2.24, 2.45) is 0 Å². The molecule has 55 valence electrons. The summed E-state index contributed by atoms with van der Waals surface area (Å²) in [7, 11) is -0.440.